The minimum Gasteiger partial charge on any atom is -0.314 e. The molecule has 1 aromatic rings. The molecule has 1 amide bonds. The predicted molar refractivity (Wildman–Crippen MR) is 83.0 cm³/mol. The monoisotopic (exact) mass is 289 g/mol. The summed E-state index contributed by atoms with van der Waals surface area (Å²) < 4.78 is 13.7. The van der Waals surface area contributed by atoms with E-state index in [0.717, 1.165) is 17.7 Å². The van der Waals surface area contributed by atoms with Crippen LogP contribution in [0.15, 0.2) is 18.2 Å². The maximum absolute atomic E-state index is 13.7. The fraction of sp³-hybridized carbons (Fsp3) is 0.611. The Balaban J connectivity index is 2.00. The third kappa shape index (κ3) is 2.27. The summed E-state index contributed by atoms with van der Waals surface area (Å²) in [5.74, 6) is -0.147. The van der Waals surface area contributed by atoms with E-state index in [1.807, 2.05) is 6.92 Å². The molecule has 1 atom stereocenters. The van der Waals surface area contributed by atoms with Gasteiger partial charge in [-0.3, -0.25) is 4.79 Å². The first-order chi connectivity index (χ1) is 9.86. The second-order valence-corrected chi connectivity index (χ2v) is 7.41. The molecule has 2 aliphatic rings. The van der Waals surface area contributed by atoms with E-state index in [2.05, 4.69) is 6.92 Å². The highest BCUT2D eigenvalue weighted by atomic mass is 19.1. The molecule has 1 fully saturated rings. The van der Waals surface area contributed by atoms with E-state index >= 15 is 0 Å². The van der Waals surface area contributed by atoms with E-state index in [0.29, 0.717) is 0 Å². The van der Waals surface area contributed by atoms with Crippen LogP contribution in [-0.4, -0.2) is 13.0 Å². The van der Waals surface area contributed by atoms with Gasteiger partial charge in [0, 0.05) is 12.7 Å². The van der Waals surface area contributed by atoms with Crippen molar-refractivity contribution in [2.75, 3.05) is 11.9 Å². The van der Waals surface area contributed by atoms with Gasteiger partial charge in [0.2, 0.25) is 5.91 Å². The SMILES string of the molecule is CN1C(=O)C(C)(CC2(C)CCCCC2)c2cc(F)ccc21. The topological polar surface area (TPSA) is 20.3 Å². The number of hydrogen-bond acceptors (Lipinski definition) is 1. The lowest BCUT2D eigenvalue weighted by molar-refractivity contribution is -0.123. The number of benzene rings is 1. The number of anilines is 1. The number of hydrogen-bond donors (Lipinski definition) is 0. The van der Waals surface area contributed by atoms with E-state index in [4.69, 9.17) is 0 Å². The van der Waals surface area contributed by atoms with Crippen molar-refractivity contribution in [2.45, 2.75) is 57.8 Å². The Bertz CT molecular complexity index is 577. The minimum atomic E-state index is -0.585. The Labute approximate surface area is 126 Å². The predicted octanol–water partition coefficient (Wildman–Crippen LogP) is 4.42. The number of carbonyl (C=O) groups is 1. The van der Waals surface area contributed by atoms with Gasteiger partial charge in [0.05, 0.1) is 5.41 Å². The van der Waals surface area contributed by atoms with Crippen molar-refractivity contribution >= 4 is 11.6 Å². The summed E-state index contributed by atoms with van der Waals surface area (Å²) in [6, 6.07) is 4.73. The number of fused-ring (bicyclic) bond motifs is 1. The van der Waals surface area contributed by atoms with Crippen molar-refractivity contribution in [2.24, 2.45) is 5.41 Å². The quantitative estimate of drug-likeness (QED) is 0.789. The first kappa shape index (κ1) is 14.6. The molecule has 0 bridgehead atoms. The summed E-state index contributed by atoms with van der Waals surface area (Å²) in [5, 5.41) is 0. The molecular weight excluding hydrogens is 265 g/mol. The van der Waals surface area contributed by atoms with Crippen molar-refractivity contribution in [1.82, 2.24) is 0 Å². The lowest BCUT2D eigenvalue weighted by Gasteiger charge is -2.39. The molecule has 0 aromatic heterocycles. The van der Waals surface area contributed by atoms with Gasteiger partial charge >= 0.3 is 0 Å². The molecule has 0 saturated heterocycles. The van der Waals surface area contributed by atoms with Gasteiger partial charge < -0.3 is 4.90 Å². The largest absolute Gasteiger partial charge is 0.314 e. The molecule has 1 heterocycles. The van der Waals surface area contributed by atoms with Crippen LogP contribution in [0.1, 0.15) is 57.9 Å². The van der Waals surface area contributed by atoms with Crippen LogP contribution in [0.5, 0.6) is 0 Å². The van der Waals surface area contributed by atoms with Crippen LogP contribution < -0.4 is 4.90 Å². The number of nitrogens with zero attached hydrogens (tertiary/aromatic N) is 1. The summed E-state index contributed by atoms with van der Waals surface area (Å²) in [4.78, 5) is 14.5. The van der Waals surface area contributed by atoms with Crippen LogP contribution in [0.3, 0.4) is 0 Å². The van der Waals surface area contributed by atoms with Gasteiger partial charge in [0.25, 0.3) is 0 Å². The smallest absolute Gasteiger partial charge is 0.237 e. The van der Waals surface area contributed by atoms with Crippen molar-refractivity contribution in [3.8, 4) is 0 Å². The Morgan fingerprint density at radius 3 is 2.52 bits per heavy atom. The zero-order valence-electron chi connectivity index (χ0n) is 13.2. The second-order valence-electron chi connectivity index (χ2n) is 7.41. The normalized spacial score (nSPS) is 27.8. The van der Waals surface area contributed by atoms with E-state index in [9.17, 15) is 9.18 Å². The molecule has 1 aliphatic heterocycles. The van der Waals surface area contributed by atoms with Gasteiger partial charge in [0.15, 0.2) is 0 Å². The minimum absolute atomic E-state index is 0.106. The fourth-order valence-electron chi connectivity index (χ4n) is 4.44. The Morgan fingerprint density at radius 1 is 1.19 bits per heavy atom. The zero-order valence-corrected chi connectivity index (χ0v) is 13.2. The molecule has 0 spiro atoms. The van der Waals surface area contributed by atoms with Gasteiger partial charge in [0.1, 0.15) is 5.82 Å². The van der Waals surface area contributed by atoms with E-state index < -0.39 is 5.41 Å². The first-order valence-corrected chi connectivity index (χ1v) is 7.94. The van der Waals surface area contributed by atoms with Crippen molar-refractivity contribution in [1.29, 1.82) is 0 Å². The summed E-state index contributed by atoms with van der Waals surface area (Å²) in [7, 11) is 1.80. The average Bonchev–Trinajstić information content (AvgIpc) is 2.61. The molecule has 3 rings (SSSR count). The zero-order chi connectivity index (χ0) is 15.3. The molecule has 1 aliphatic carbocycles. The molecule has 1 unspecified atom stereocenters. The molecule has 21 heavy (non-hydrogen) atoms. The maximum Gasteiger partial charge on any atom is 0.237 e. The highest BCUT2D eigenvalue weighted by Crippen LogP contribution is 2.51. The van der Waals surface area contributed by atoms with E-state index in [1.165, 1.54) is 38.2 Å². The lowest BCUT2D eigenvalue weighted by Crippen LogP contribution is -2.40. The third-order valence-corrected chi connectivity index (χ3v) is 5.53. The van der Waals surface area contributed by atoms with Gasteiger partial charge in [-0.15, -0.1) is 0 Å². The number of carbonyl (C=O) groups excluding carboxylic acids is 1. The average molecular weight is 289 g/mol. The van der Waals surface area contributed by atoms with Crippen LogP contribution in [0.2, 0.25) is 0 Å². The van der Waals surface area contributed by atoms with Gasteiger partial charge in [-0.05, 0) is 55.4 Å². The molecule has 1 saturated carbocycles. The summed E-state index contributed by atoms with van der Waals surface area (Å²) >= 11 is 0. The fourth-order valence-corrected chi connectivity index (χ4v) is 4.44. The molecule has 114 valence electrons. The standard InChI is InChI=1S/C18H24FNO/c1-17(9-5-4-6-10-17)12-18(2)14-11-13(19)7-8-15(14)20(3)16(18)21/h7-8,11H,4-6,9-10,12H2,1-3H3. The van der Waals surface area contributed by atoms with Crippen LogP contribution in [0.4, 0.5) is 10.1 Å². The molecular formula is C18H24FNO. The second kappa shape index (κ2) is 4.82. The van der Waals surface area contributed by atoms with Crippen LogP contribution in [0.25, 0.3) is 0 Å². The Hall–Kier alpha value is -1.38. The maximum atomic E-state index is 13.7. The summed E-state index contributed by atoms with van der Waals surface area (Å²) in [5.41, 5.74) is 1.33. The highest BCUT2D eigenvalue weighted by Gasteiger charge is 2.49. The van der Waals surface area contributed by atoms with Gasteiger partial charge in [-0.1, -0.05) is 26.2 Å². The molecule has 0 N–H and O–H groups in total. The number of amides is 1. The summed E-state index contributed by atoms with van der Waals surface area (Å²) in [6.45, 7) is 4.29. The first-order valence-electron chi connectivity index (χ1n) is 7.94. The number of likely N-dealkylation sites (N-methyl/N-ethyl adjacent to an activating group) is 1. The van der Waals surface area contributed by atoms with Crippen molar-refractivity contribution < 1.29 is 9.18 Å². The number of halogens is 1. The van der Waals surface area contributed by atoms with Crippen LogP contribution >= 0.6 is 0 Å². The molecule has 1 aromatic carbocycles. The molecule has 0 radical (unpaired) electrons. The van der Waals surface area contributed by atoms with Crippen molar-refractivity contribution in [3.63, 3.8) is 0 Å². The van der Waals surface area contributed by atoms with Crippen LogP contribution in [-0.2, 0) is 10.2 Å². The van der Waals surface area contributed by atoms with Crippen LogP contribution in [0, 0.1) is 11.2 Å². The van der Waals surface area contributed by atoms with Gasteiger partial charge in [-0.25, -0.2) is 4.39 Å². The highest BCUT2D eigenvalue weighted by molar-refractivity contribution is 6.07. The van der Waals surface area contributed by atoms with Gasteiger partial charge in [-0.2, -0.15) is 0 Å². The Morgan fingerprint density at radius 2 is 1.86 bits per heavy atom. The van der Waals surface area contributed by atoms with E-state index in [-0.39, 0.29) is 17.1 Å². The molecule has 2 nitrogen and oxygen atoms in total. The number of rotatable bonds is 2. The lowest BCUT2D eigenvalue weighted by atomic mass is 9.64. The summed E-state index contributed by atoms with van der Waals surface area (Å²) in [6.07, 6.45) is 6.94. The third-order valence-electron chi connectivity index (χ3n) is 5.53. The van der Waals surface area contributed by atoms with E-state index in [1.54, 1.807) is 24.1 Å². The Kier molecular flexibility index (Phi) is 3.34. The van der Waals surface area contributed by atoms with Crippen molar-refractivity contribution in [3.05, 3.63) is 29.6 Å². The molecule has 3 heteroatoms.